The van der Waals surface area contributed by atoms with Gasteiger partial charge in [0.05, 0.1) is 11.4 Å². The number of anilines is 1. The SMILES string of the molecule is O=C(c1cccc(N2CCCS2(=O)=O)c1)N1CCC(N2CCNCC2)C1. The largest absolute Gasteiger partial charge is 0.337 e. The van der Waals surface area contributed by atoms with Gasteiger partial charge in [0.15, 0.2) is 0 Å². The number of amides is 1. The van der Waals surface area contributed by atoms with Crippen molar-refractivity contribution in [1.29, 1.82) is 0 Å². The zero-order valence-electron chi connectivity index (χ0n) is 14.9. The molecule has 4 rings (SSSR count). The van der Waals surface area contributed by atoms with E-state index in [1.165, 1.54) is 4.31 Å². The molecule has 0 radical (unpaired) electrons. The first-order chi connectivity index (χ1) is 12.5. The lowest BCUT2D eigenvalue weighted by Gasteiger charge is -2.32. The standard InChI is InChI=1S/C18H26N4O3S/c23-18(21-9-5-17(14-21)20-10-6-19-7-11-20)15-3-1-4-16(13-15)22-8-2-12-26(22,24)25/h1,3-4,13,17,19H,2,5-12,14H2. The van der Waals surface area contributed by atoms with Crippen molar-refractivity contribution in [3.05, 3.63) is 29.8 Å². The number of piperazine rings is 1. The molecule has 3 aliphatic heterocycles. The van der Waals surface area contributed by atoms with E-state index in [9.17, 15) is 13.2 Å². The van der Waals surface area contributed by atoms with Crippen LogP contribution in [0.4, 0.5) is 5.69 Å². The number of likely N-dealkylation sites (tertiary alicyclic amines) is 1. The number of carbonyl (C=O) groups is 1. The Balaban J connectivity index is 1.46. The lowest BCUT2D eigenvalue weighted by atomic mass is 10.1. The molecule has 0 saturated carbocycles. The predicted molar refractivity (Wildman–Crippen MR) is 101 cm³/mol. The van der Waals surface area contributed by atoms with Crippen molar-refractivity contribution < 1.29 is 13.2 Å². The van der Waals surface area contributed by atoms with E-state index in [4.69, 9.17) is 0 Å². The van der Waals surface area contributed by atoms with Gasteiger partial charge in [0, 0.05) is 57.4 Å². The second-order valence-electron chi connectivity index (χ2n) is 7.27. The quantitative estimate of drug-likeness (QED) is 0.822. The van der Waals surface area contributed by atoms with Crippen molar-refractivity contribution in [2.75, 3.05) is 55.9 Å². The number of nitrogens with one attached hydrogen (secondary N) is 1. The Morgan fingerprint density at radius 3 is 2.65 bits per heavy atom. The number of rotatable bonds is 3. The molecular formula is C18H26N4O3S. The zero-order chi connectivity index (χ0) is 18.1. The molecule has 1 unspecified atom stereocenters. The van der Waals surface area contributed by atoms with Gasteiger partial charge in [-0.3, -0.25) is 14.0 Å². The van der Waals surface area contributed by atoms with Gasteiger partial charge >= 0.3 is 0 Å². The summed E-state index contributed by atoms with van der Waals surface area (Å²) < 4.78 is 25.7. The molecule has 26 heavy (non-hydrogen) atoms. The zero-order valence-corrected chi connectivity index (χ0v) is 15.7. The summed E-state index contributed by atoms with van der Waals surface area (Å²) in [7, 11) is -3.23. The van der Waals surface area contributed by atoms with Crippen LogP contribution in [-0.2, 0) is 10.0 Å². The third-order valence-corrected chi connectivity index (χ3v) is 7.47. The van der Waals surface area contributed by atoms with E-state index in [2.05, 4.69) is 10.2 Å². The molecule has 3 aliphatic rings. The highest BCUT2D eigenvalue weighted by molar-refractivity contribution is 7.93. The van der Waals surface area contributed by atoms with Crippen molar-refractivity contribution in [3.8, 4) is 0 Å². The van der Waals surface area contributed by atoms with Gasteiger partial charge in [0.25, 0.3) is 5.91 Å². The van der Waals surface area contributed by atoms with Gasteiger partial charge in [-0.05, 0) is 31.0 Å². The highest BCUT2D eigenvalue weighted by atomic mass is 32.2. The molecule has 7 nitrogen and oxygen atoms in total. The van der Waals surface area contributed by atoms with Crippen molar-refractivity contribution in [2.24, 2.45) is 0 Å². The molecule has 1 N–H and O–H groups in total. The van der Waals surface area contributed by atoms with Gasteiger partial charge in [0.1, 0.15) is 0 Å². The normalized spacial score (nSPS) is 26.4. The van der Waals surface area contributed by atoms with Crippen molar-refractivity contribution >= 4 is 21.6 Å². The number of sulfonamides is 1. The van der Waals surface area contributed by atoms with Crippen LogP contribution >= 0.6 is 0 Å². The van der Waals surface area contributed by atoms with Gasteiger partial charge in [0.2, 0.25) is 10.0 Å². The van der Waals surface area contributed by atoms with Crippen LogP contribution < -0.4 is 9.62 Å². The minimum atomic E-state index is -3.23. The second-order valence-corrected chi connectivity index (χ2v) is 9.28. The summed E-state index contributed by atoms with van der Waals surface area (Å²) in [5.41, 5.74) is 1.18. The Labute approximate surface area is 155 Å². The summed E-state index contributed by atoms with van der Waals surface area (Å²) in [6.45, 7) is 6.11. The molecule has 0 spiro atoms. The van der Waals surface area contributed by atoms with Crippen LogP contribution in [0.25, 0.3) is 0 Å². The maximum Gasteiger partial charge on any atom is 0.253 e. The van der Waals surface area contributed by atoms with E-state index in [1.807, 2.05) is 4.90 Å². The molecule has 3 saturated heterocycles. The molecular weight excluding hydrogens is 352 g/mol. The number of carbonyl (C=O) groups excluding carboxylic acids is 1. The van der Waals surface area contributed by atoms with E-state index < -0.39 is 10.0 Å². The van der Waals surface area contributed by atoms with Crippen molar-refractivity contribution in [2.45, 2.75) is 18.9 Å². The Morgan fingerprint density at radius 1 is 1.12 bits per heavy atom. The highest BCUT2D eigenvalue weighted by Crippen LogP contribution is 2.26. The van der Waals surface area contributed by atoms with Crippen LogP contribution in [0, 0.1) is 0 Å². The smallest absolute Gasteiger partial charge is 0.253 e. The maximum atomic E-state index is 12.9. The summed E-state index contributed by atoms with van der Waals surface area (Å²) in [6.07, 6.45) is 1.64. The maximum absolute atomic E-state index is 12.9. The van der Waals surface area contributed by atoms with Gasteiger partial charge in [-0.15, -0.1) is 0 Å². The minimum Gasteiger partial charge on any atom is -0.337 e. The highest BCUT2D eigenvalue weighted by Gasteiger charge is 2.32. The Morgan fingerprint density at radius 2 is 1.92 bits per heavy atom. The monoisotopic (exact) mass is 378 g/mol. The van der Waals surface area contributed by atoms with Gasteiger partial charge < -0.3 is 10.2 Å². The summed E-state index contributed by atoms with van der Waals surface area (Å²) in [5.74, 6) is 0.185. The molecule has 1 aromatic carbocycles. The van der Waals surface area contributed by atoms with Crippen molar-refractivity contribution in [1.82, 2.24) is 15.1 Å². The Kier molecular flexibility index (Phi) is 4.90. The van der Waals surface area contributed by atoms with Crippen LogP contribution in [0.3, 0.4) is 0 Å². The van der Waals surface area contributed by atoms with Gasteiger partial charge in [-0.1, -0.05) is 6.07 Å². The van der Waals surface area contributed by atoms with Crippen LogP contribution in [-0.4, -0.2) is 81.7 Å². The van der Waals surface area contributed by atoms with E-state index in [0.29, 0.717) is 30.3 Å². The van der Waals surface area contributed by atoms with Gasteiger partial charge in [-0.25, -0.2) is 8.42 Å². The molecule has 142 valence electrons. The van der Waals surface area contributed by atoms with Crippen LogP contribution in [0.5, 0.6) is 0 Å². The molecule has 1 aromatic rings. The summed E-state index contributed by atoms with van der Waals surface area (Å²) in [6, 6.07) is 7.49. The average Bonchev–Trinajstić information content (AvgIpc) is 3.28. The van der Waals surface area contributed by atoms with E-state index >= 15 is 0 Å². The Hall–Kier alpha value is -1.64. The number of hydrogen-bond donors (Lipinski definition) is 1. The van der Waals surface area contributed by atoms with Crippen molar-refractivity contribution in [3.63, 3.8) is 0 Å². The molecule has 1 atom stereocenters. The van der Waals surface area contributed by atoms with Crippen LogP contribution in [0.2, 0.25) is 0 Å². The van der Waals surface area contributed by atoms with Crippen LogP contribution in [0.15, 0.2) is 24.3 Å². The lowest BCUT2D eigenvalue weighted by molar-refractivity contribution is 0.0773. The third-order valence-electron chi connectivity index (χ3n) is 5.60. The number of nitrogens with zero attached hydrogens (tertiary/aromatic N) is 3. The molecule has 1 amide bonds. The third kappa shape index (κ3) is 3.45. The van der Waals surface area contributed by atoms with E-state index in [-0.39, 0.29) is 11.7 Å². The summed E-state index contributed by atoms with van der Waals surface area (Å²) in [5, 5.41) is 3.36. The van der Waals surface area contributed by atoms with E-state index in [1.54, 1.807) is 24.3 Å². The first-order valence-electron chi connectivity index (χ1n) is 9.39. The molecule has 8 heteroatoms. The van der Waals surface area contributed by atoms with Gasteiger partial charge in [-0.2, -0.15) is 0 Å². The lowest BCUT2D eigenvalue weighted by Crippen LogP contribution is -2.49. The molecule has 0 aliphatic carbocycles. The average molecular weight is 378 g/mol. The molecule has 3 heterocycles. The minimum absolute atomic E-state index is 0.000999. The fourth-order valence-electron chi connectivity index (χ4n) is 4.18. The fourth-order valence-corrected chi connectivity index (χ4v) is 5.73. The first-order valence-corrected chi connectivity index (χ1v) is 11.0. The number of hydrogen-bond acceptors (Lipinski definition) is 5. The Bertz CT molecular complexity index is 776. The first kappa shape index (κ1) is 17.8. The number of benzene rings is 1. The van der Waals surface area contributed by atoms with E-state index in [0.717, 1.165) is 45.7 Å². The fraction of sp³-hybridized carbons (Fsp3) is 0.611. The topological polar surface area (TPSA) is 73.0 Å². The van der Waals surface area contributed by atoms with Crippen LogP contribution in [0.1, 0.15) is 23.2 Å². The molecule has 0 aromatic heterocycles. The predicted octanol–water partition coefficient (Wildman–Crippen LogP) is 0.346. The summed E-state index contributed by atoms with van der Waals surface area (Å²) >= 11 is 0. The summed E-state index contributed by atoms with van der Waals surface area (Å²) in [4.78, 5) is 17.3. The molecule has 3 fully saturated rings. The molecule has 0 bridgehead atoms. The second kappa shape index (κ2) is 7.17.